The highest BCUT2D eigenvalue weighted by molar-refractivity contribution is 7.92. The number of rotatable bonds is 10. The van der Waals surface area contributed by atoms with Gasteiger partial charge < -0.3 is 15.0 Å². The highest BCUT2D eigenvalue weighted by atomic mass is 35.5. The normalized spacial score (nSPS) is 12.2. The molecule has 1 atom stereocenters. The first-order valence-electron chi connectivity index (χ1n) is 10.4. The van der Waals surface area contributed by atoms with Crippen LogP contribution in [0.2, 0.25) is 5.02 Å². The second kappa shape index (κ2) is 11.4. The summed E-state index contributed by atoms with van der Waals surface area (Å²) in [7, 11) is -2.29. The molecular weight excluding hydrogens is 466 g/mol. The molecule has 0 saturated heterocycles. The zero-order chi connectivity index (χ0) is 24.8. The van der Waals surface area contributed by atoms with Crippen molar-refractivity contribution in [3.05, 3.63) is 59.1 Å². The van der Waals surface area contributed by atoms with Crippen LogP contribution in [0.15, 0.2) is 48.5 Å². The van der Waals surface area contributed by atoms with Gasteiger partial charge in [-0.1, -0.05) is 29.8 Å². The Morgan fingerprint density at radius 2 is 1.67 bits per heavy atom. The summed E-state index contributed by atoms with van der Waals surface area (Å²) >= 11 is 6.29. The number of benzene rings is 2. The number of amides is 2. The third-order valence-corrected chi connectivity index (χ3v) is 6.45. The Hall–Kier alpha value is -2.78. The van der Waals surface area contributed by atoms with Crippen molar-refractivity contribution in [2.75, 3.05) is 24.2 Å². The molecule has 1 N–H and O–H groups in total. The molecule has 33 heavy (non-hydrogen) atoms. The number of nitrogens with zero attached hydrogens (tertiary/aromatic N) is 2. The van der Waals surface area contributed by atoms with Gasteiger partial charge in [-0.3, -0.25) is 13.9 Å². The molecule has 0 aliphatic heterocycles. The average molecular weight is 496 g/mol. The SMILES string of the molecule is COc1ccc(N(CC(=O)N(Cc2ccccc2Cl)C(C)C(=O)NC(C)C)S(C)(=O)=O)cc1. The zero-order valence-electron chi connectivity index (χ0n) is 19.4. The van der Waals surface area contributed by atoms with Crippen molar-refractivity contribution in [1.29, 1.82) is 0 Å². The van der Waals surface area contributed by atoms with E-state index in [2.05, 4.69) is 5.32 Å². The molecule has 0 heterocycles. The van der Waals surface area contributed by atoms with Gasteiger partial charge in [0.25, 0.3) is 0 Å². The lowest BCUT2D eigenvalue weighted by atomic mass is 10.1. The minimum absolute atomic E-state index is 0.0470. The van der Waals surface area contributed by atoms with Crippen LogP contribution >= 0.6 is 11.6 Å². The van der Waals surface area contributed by atoms with Crippen molar-refractivity contribution >= 4 is 39.1 Å². The van der Waals surface area contributed by atoms with Crippen LogP contribution in [0.1, 0.15) is 26.3 Å². The topological polar surface area (TPSA) is 96.0 Å². The van der Waals surface area contributed by atoms with Crippen LogP contribution in [0.25, 0.3) is 0 Å². The minimum atomic E-state index is -3.79. The number of carbonyl (C=O) groups is 2. The average Bonchev–Trinajstić information content (AvgIpc) is 2.75. The molecule has 0 aliphatic carbocycles. The number of methoxy groups -OCH3 is 1. The lowest BCUT2D eigenvalue weighted by Crippen LogP contribution is -2.52. The van der Waals surface area contributed by atoms with Crippen molar-refractivity contribution in [3.8, 4) is 5.75 Å². The molecule has 0 aromatic heterocycles. The van der Waals surface area contributed by atoms with E-state index in [9.17, 15) is 18.0 Å². The van der Waals surface area contributed by atoms with Crippen LogP contribution in [-0.2, 0) is 26.2 Å². The van der Waals surface area contributed by atoms with E-state index in [0.717, 1.165) is 10.6 Å². The molecule has 2 amide bonds. The maximum atomic E-state index is 13.4. The van der Waals surface area contributed by atoms with E-state index in [-0.39, 0.29) is 18.5 Å². The van der Waals surface area contributed by atoms with E-state index in [0.29, 0.717) is 22.0 Å². The van der Waals surface area contributed by atoms with Crippen molar-refractivity contribution in [1.82, 2.24) is 10.2 Å². The van der Waals surface area contributed by atoms with Crippen molar-refractivity contribution in [2.45, 2.75) is 39.4 Å². The fraction of sp³-hybridized carbons (Fsp3) is 0.391. The van der Waals surface area contributed by atoms with Crippen molar-refractivity contribution in [3.63, 3.8) is 0 Å². The van der Waals surface area contributed by atoms with Crippen LogP contribution in [0.4, 0.5) is 5.69 Å². The molecule has 0 aliphatic rings. The molecule has 10 heteroatoms. The fourth-order valence-electron chi connectivity index (χ4n) is 3.16. The van der Waals surface area contributed by atoms with Gasteiger partial charge in [0.15, 0.2) is 0 Å². The van der Waals surface area contributed by atoms with E-state index in [4.69, 9.17) is 16.3 Å². The molecule has 0 saturated carbocycles. The number of hydrogen-bond donors (Lipinski definition) is 1. The molecule has 0 spiro atoms. The highest BCUT2D eigenvalue weighted by Crippen LogP contribution is 2.23. The summed E-state index contributed by atoms with van der Waals surface area (Å²) in [5.74, 6) is -0.332. The summed E-state index contributed by atoms with van der Waals surface area (Å²) in [5, 5.41) is 3.24. The summed E-state index contributed by atoms with van der Waals surface area (Å²) in [6, 6.07) is 12.4. The zero-order valence-corrected chi connectivity index (χ0v) is 21.0. The third kappa shape index (κ3) is 7.36. The van der Waals surface area contributed by atoms with Gasteiger partial charge in [-0.2, -0.15) is 0 Å². The number of carbonyl (C=O) groups excluding carboxylic acids is 2. The van der Waals surface area contributed by atoms with E-state index < -0.39 is 28.5 Å². The van der Waals surface area contributed by atoms with Gasteiger partial charge in [0.1, 0.15) is 18.3 Å². The van der Waals surface area contributed by atoms with Gasteiger partial charge in [-0.15, -0.1) is 0 Å². The number of ether oxygens (including phenoxy) is 1. The molecule has 180 valence electrons. The quantitative estimate of drug-likeness (QED) is 0.546. The maximum Gasteiger partial charge on any atom is 0.244 e. The first kappa shape index (κ1) is 26.5. The van der Waals surface area contributed by atoms with E-state index >= 15 is 0 Å². The molecule has 2 aromatic rings. The predicted molar refractivity (Wildman–Crippen MR) is 130 cm³/mol. The Bertz CT molecular complexity index is 1070. The Morgan fingerprint density at radius 1 is 1.06 bits per heavy atom. The second-order valence-corrected chi connectivity index (χ2v) is 10.2. The van der Waals surface area contributed by atoms with E-state index in [1.54, 1.807) is 55.5 Å². The summed E-state index contributed by atoms with van der Waals surface area (Å²) < 4.78 is 31.2. The number of hydrogen-bond acceptors (Lipinski definition) is 5. The molecule has 8 nitrogen and oxygen atoms in total. The molecule has 2 rings (SSSR count). The maximum absolute atomic E-state index is 13.4. The first-order valence-corrected chi connectivity index (χ1v) is 12.6. The summed E-state index contributed by atoms with van der Waals surface area (Å²) in [5.41, 5.74) is 0.954. The smallest absolute Gasteiger partial charge is 0.244 e. The molecule has 0 radical (unpaired) electrons. The van der Waals surface area contributed by atoms with Crippen molar-refractivity contribution < 1.29 is 22.7 Å². The Kier molecular flexibility index (Phi) is 9.13. The van der Waals surface area contributed by atoms with E-state index in [1.165, 1.54) is 12.0 Å². The number of sulfonamides is 1. The Labute approximate surface area is 200 Å². The minimum Gasteiger partial charge on any atom is -0.497 e. The van der Waals surface area contributed by atoms with E-state index in [1.807, 2.05) is 13.8 Å². The first-order chi connectivity index (χ1) is 15.4. The van der Waals surface area contributed by atoms with Gasteiger partial charge in [0.05, 0.1) is 19.1 Å². The second-order valence-electron chi connectivity index (χ2n) is 7.92. The third-order valence-electron chi connectivity index (χ3n) is 4.94. The van der Waals surface area contributed by atoms with Gasteiger partial charge in [0, 0.05) is 17.6 Å². The van der Waals surface area contributed by atoms with Crippen LogP contribution in [0.5, 0.6) is 5.75 Å². The molecule has 0 bridgehead atoms. The molecule has 1 unspecified atom stereocenters. The Morgan fingerprint density at radius 3 is 2.18 bits per heavy atom. The number of nitrogens with one attached hydrogen (secondary N) is 1. The Balaban J connectivity index is 2.39. The van der Waals surface area contributed by atoms with Gasteiger partial charge in [0.2, 0.25) is 21.8 Å². The van der Waals surface area contributed by atoms with Crippen LogP contribution in [-0.4, -0.2) is 57.1 Å². The predicted octanol–water partition coefficient (Wildman–Crippen LogP) is 3.06. The molecule has 2 aromatic carbocycles. The largest absolute Gasteiger partial charge is 0.497 e. The number of halogens is 1. The van der Waals surface area contributed by atoms with Gasteiger partial charge >= 0.3 is 0 Å². The molecular formula is C23H30ClN3O5S. The fourth-order valence-corrected chi connectivity index (χ4v) is 4.21. The summed E-state index contributed by atoms with van der Waals surface area (Å²) in [6.45, 7) is 4.81. The van der Waals surface area contributed by atoms with Gasteiger partial charge in [-0.05, 0) is 56.7 Å². The number of anilines is 1. The standard InChI is InChI=1S/C23H30ClN3O5S/c1-16(2)25-23(29)17(3)26(14-18-8-6-7-9-21(18)24)22(28)15-27(33(5,30)31)19-10-12-20(32-4)13-11-19/h6-13,16-17H,14-15H2,1-5H3,(H,25,29). The monoisotopic (exact) mass is 495 g/mol. The summed E-state index contributed by atoms with van der Waals surface area (Å²) in [6.07, 6.45) is 1.03. The lowest BCUT2D eigenvalue weighted by Gasteiger charge is -2.32. The highest BCUT2D eigenvalue weighted by Gasteiger charge is 2.30. The lowest BCUT2D eigenvalue weighted by molar-refractivity contribution is -0.139. The van der Waals surface area contributed by atoms with Crippen molar-refractivity contribution in [2.24, 2.45) is 0 Å². The summed E-state index contributed by atoms with van der Waals surface area (Å²) in [4.78, 5) is 27.5. The van der Waals surface area contributed by atoms with Crippen LogP contribution in [0, 0.1) is 0 Å². The van der Waals surface area contributed by atoms with Crippen LogP contribution in [0.3, 0.4) is 0 Å². The van der Waals surface area contributed by atoms with Crippen LogP contribution < -0.4 is 14.4 Å². The molecule has 0 fully saturated rings. The van der Waals surface area contributed by atoms with Gasteiger partial charge in [-0.25, -0.2) is 8.42 Å².